The lowest BCUT2D eigenvalue weighted by atomic mass is 10.0. The van der Waals surface area contributed by atoms with Crippen LogP contribution in [0.25, 0.3) is 0 Å². The fourth-order valence-corrected chi connectivity index (χ4v) is 1.86. The predicted molar refractivity (Wildman–Crippen MR) is 63.5 cm³/mol. The number of hydrogen-bond acceptors (Lipinski definition) is 2. The van der Waals surface area contributed by atoms with Crippen LogP contribution in [0.4, 0.5) is 0 Å². The van der Waals surface area contributed by atoms with Crippen LogP contribution in [0.15, 0.2) is 12.3 Å². The van der Waals surface area contributed by atoms with Crippen LogP contribution in [0.2, 0.25) is 0 Å². The first-order valence-corrected chi connectivity index (χ1v) is 5.99. The van der Waals surface area contributed by atoms with E-state index in [1.54, 1.807) is 0 Å². The molecule has 2 N–H and O–H groups in total. The molecule has 1 heterocycles. The molecule has 0 saturated carbocycles. The van der Waals surface area contributed by atoms with E-state index in [0.717, 1.165) is 12.1 Å². The molecule has 86 valence electrons. The Balaban J connectivity index is 2.19. The van der Waals surface area contributed by atoms with Crippen molar-refractivity contribution >= 4 is 0 Å². The third-order valence-corrected chi connectivity index (χ3v) is 2.86. The Morgan fingerprint density at radius 3 is 2.67 bits per heavy atom. The number of aryl methyl sites for hydroxylation is 1. The maximum atomic E-state index is 6.09. The summed E-state index contributed by atoms with van der Waals surface area (Å²) in [5.74, 6) is 0. The van der Waals surface area contributed by atoms with E-state index in [2.05, 4.69) is 12.0 Å². The summed E-state index contributed by atoms with van der Waals surface area (Å²) in [5, 5.41) is 4.13. The number of nitrogens with zero attached hydrogens (tertiary/aromatic N) is 2. The summed E-state index contributed by atoms with van der Waals surface area (Å²) >= 11 is 0. The molecule has 0 amide bonds. The van der Waals surface area contributed by atoms with E-state index in [-0.39, 0.29) is 6.04 Å². The standard InChI is InChI=1S/C12H23N3/c1-3-4-5-6-7-8-11(13)12-9-10-14-15(12)2/h9-11H,3-8,13H2,1-2H3. The predicted octanol–water partition coefficient (Wildman–Crippen LogP) is 2.78. The Morgan fingerprint density at radius 1 is 1.33 bits per heavy atom. The summed E-state index contributed by atoms with van der Waals surface area (Å²) in [4.78, 5) is 0. The monoisotopic (exact) mass is 209 g/mol. The van der Waals surface area contributed by atoms with Crippen LogP contribution in [0, 0.1) is 0 Å². The Bertz CT molecular complexity index is 268. The Morgan fingerprint density at radius 2 is 2.07 bits per heavy atom. The smallest absolute Gasteiger partial charge is 0.0548 e. The first-order chi connectivity index (χ1) is 7.25. The van der Waals surface area contributed by atoms with Gasteiger partial charge in [-0.15, -0.1) is 0 Å². The van der Waals surface area contributed by atoms with Gasteiger partial charge in [0, 0.05) is 19.3 Å². The molecule has 1 atom stereocenters. The van der Waals surface area contributed by atoms with Crippen LogP contribution in [0.3, 0.4) is 0 Å². The molecular formula is C12H23N3. The van der Waals surface area contributed by atoms with Gasteiger partial charge in [-0.25, -0.2) is 0 Å². The van der Waals surface area contributed by atoms with Crippen molar-refractivity contribution in [2.45, 2.75) is 51.5 Å². The van der Waals surface area contributed by atoms with E-state index < -0.39 is 0 Å². The van der Waals surface area contributed by atoms with E-state index in [4.69, 9.17) is 5.73 Å². The molecule has 0 aliphatic heterocycles. The van der Waals surface area contributed by atoms with Crippen LogP contribution in [0.5, 0.6) is 0 Å². The average Bonchev–Trinajstić information content (AvgIpc) is 2.64. The van der Waals surface area contributed by atoms with Crippen molar-refractivity contribution in [3.8, 4) is 0 Å². The molecule has 3 nitrogen and oxygen atoms in total. The van der Waals surface area contributed by atoms with Crippen molar-refractivity contribution in [3.05, 3.63) is 18.0 Å². The van der Waals surface area contributed by atoms with Crippen molar-refractivity contribution in [2.24, 2.45) is 12.8 Å². The molecule has 15 heavy (non-hydrogen) atoms. The molecule has 1 rings (SSSR count). The fraction of sp³-hybridized carbons (Fsp3) is 0.750. The minimum atomic E-state index is 0.152. The third-order valence-electron chi connectivity index (χ3n) is 2.86. The van der Waals surface area contributed by atoms with E-state index >= 15 is 0 Å². The van der Waals surface area contributed by atoms with Gasteiger partial charge in [-0.3, -0.25) is 4.68 Å². The molecule has 0 spiro atoms. The second-order valence-electron chi connectivity index (χ2n) is 4.19. The van der Waals surface area contributed by atoms with Gasteiger partial charge in [0.05, 0.1) is 5.69 Å². The molecule has 0 aliphatic rings. The van der Waals surface area contributed by atoms with E-state index in [1.165, 1.54) is 32.1 Å². The normalized spacial score (nSPS) is 13.0. The van der Waals surface area contributed by atoms with Crippen LogP contribution >= 0.6 is 0 Å². The summed E-state index contributed by atoms with van der Waals surface area (Å²) in [7, 11) is 1.95. The maximum absolute atomic E-state index is 6.09. The molecule has 0 bridgehead atoms. The van der Waals surface area contributed by atoms with Crippen molar-refractivity contribution < 1.29 is 0 Å². The van der Waals surface area contributed by atoms with Gasteiger partial charge in [0.15, 0.2) is 0 Å². The van der Waals surface area contributed by atoms with Crippen LogP contribution in [-0.4, -0.2) is 9.78 Å². The lowest BCUT2D eigenvalue weighted by Gasteiger charge is -2.11. The van der Waals surface area contributed by atoms with Crippen LogP contribution in [0.1, 0.15) is 57.2 Å². The summed E-state index contributed by atoms with van der Waals surface area (Å²) in [5.41, 5.74) is 7.24. The van der Waals surface area contributed by atoms with Gasteiger partial charge in [0.25, 0.3) is 0 Å². The highest BCUT2D eigenvalue weighted by Gasteiger charge is 2.08. The largest absolute Gasteiger partial charge is 0.323 e. The zero-order valence-electron chi connectivity index (χ0n) is 9.95. The first kappa shape index (κ1) is 12.2. The summed E-state index contributed by atoms with van der Waals surface area (Å²) < 4.78 is 1.87. The molecule has 0 radical (unpaired) electrons. The maximum Gasteiger partial charge on any atom is 0.0548 e. The number of unbranched alkanes of at least 4 members (excludes halogenated alkanes) is 4. The van der Waals surface area contributed by atoms with Crippen molar-refractivity contribution in [1.82, 2.24) is 9.78 Å². The molecule has 1 aromatic rings. The lowest BCUT2D eigenvalue weighted by Crippen LogP contribution is -2.14. The van der Waals surface area contributed by atoms with Gasteiger partial charge in [0.1, 0.15) is 0 Å². The second kappa shape index (κ2) is 6.62. The topological polar surface area (TPSA) is 43.8 Å². The molecular weight excluding hydrogens is 186 g/mol. The Hall–Kier alpha value is -0.830. The van der Waals surface area contributed by atoms with Crippen LogP contribution < -0.4 is 5.73 Å². The molecule has 3 heteroatoms. The zero-order valence-corrected chi connectivity index (χ0v) is 9.95. The minimum Gasteiger partial charge on any atom is -0.323 e. The molecule has 0 fully saturated rings. The van der Waals surface area contributed by atoms with Gasteiger partial charge < -0.3 is 5.73 Å². The van der Waals surface area contributed by atoms with Gasteiger partial charge in [-0.2, -0.15) is 5.10 Å². The molecule has 1 aromatic heterocycles. The van der Waals surface area contributed by atoms with E-state index in [0.29, 0.717) is 0 Å². The van der Waals surface area contributed by atoms with Gasteiger partial charge in [-0.1, -0.05) is 39.0 Å². The Labute approximate surface area is 92.7 Å². The molecule has 0 aromatic carbocycles. The van der Waals surface area contributed by atoms with Gasteiger partial charge in [-0.05, 0) is 12.5 Å². The summed E-state index contributed by atoms with van der Waals surface area (Å²) in [6.45, 7) is 2.24. The zero-order chi connectivity index (χ0) is 11.1. The molecule has 0 saturated heterocycles. The highest BCUT2D eigenvalue weighted by molar-refractivity contribution is 5.05. The van der Waals surface area contributed by atoms with Crippen molar-refractivity contribution in [3.63, 3.8) is 0 Å². The quantitative estimate of drug-likeness (QED) is 0.702. The fourth-order valence-electron chi connectivity index (χ4n) is 1.86. The van der Waals surface area contributed by atoms with Gasteiger partial charge in [0.2, 0.25) is 0 Å². The van der Waals surface area contributed by atoms with Crippen LogP contribution in [-0.2, 0) is 7.05 Å². The summed E-state index contributed by atoms with van der Waals surface area (Å²) in [6, 6.07) is 2.16. The number of hydrogen-bond donors (Lipinski definition) is 1. The van der Waals surface area contributed by atoms with Crippen molar-refractivity contribution in [1.29, 1.82) is 0 Å². The minimum absolute atomic E-state index is 0.152. The van der Waals surface area contributed by atoms with Gasteiger partial charge >= 0.3 is 0 Å². The summed E-state index contributed by atoms with van der Waals surface area (Å²) in [6.07, 6.45) is 9.41. The highest BCUT2D eigenvalue weighted by atomic mass is 15.3. The number of nitrogens with two attached hydrogens (primary N) is 1. The highest BCUT2D eigenvalue weighted by Crippen LogP contribution is 2.16. The van der Waals surface area contributed by atoms with Crippen molar-refractivity contribution in [2.75, 3.05) is 0 Å². The Kier molecular flexibility index (Phi) is 5.40. The second-order valence-corrected chi connectivity index (χ2v) is 4.19. The lowest BCUT2D eigenvalue weighted by molar-refractivity contribution is 0.528. The first-order valence-electron chi connectivity index (χ1n) is 5.99. The molecule has 1 unspecified atom stereocenters. The number of rotatable bonds is 7. The third kappa shape index (κ3) is 4.04. The number of aromatic nitrogens is 2. The van der Waals surface area contributed by atoms with E-state index in [1.807, 2.05) is 24.0 Å². The average molecular weight is 209 g/mol. The molecule has 0 aliphatic carbocycles. The SMILES string of the molecule is CCCCCCCC(N)c1ccnn1C. The van der Waals surface area contributed by atoms with E-state index in [9.17, 15) is 0 Å².